The summed E-state index contributed by atoms with van der Waals surface area (Å²) < 4.78 is 31.0. The van der Waals surface area contributed by atoms with Crippen LogP contribution in [0, 0.1) is 27.7 Å². The summed E-state index contributed by atoms with van der Waals surface area (Å²) >= 11 is 0. The topological polar surface area (TPSA) is 89.5 Å². The molecular formula is C20H23NO5S. The summed E-state index contributed by atoms with van der Waals surface area (Å²) in [5, 5.41) is 0. The zero-order valence-electron chi connectivity index (χ0n) is 16.0. The molecule has 2 aromatic carbocycles. The van der Waals surface area contributed by atoms with E-state index in [1.54, 1.807) is 6.07 Å². The van der Waals surface area contributed by atoms with Crippen molar-refractivity contribution in [2.45, 2.75) is 32.6 Å². The molecule has 1 N–H and O–H groups in total. The van der Waals surface area contributed by atoms with Crippen molar-refractivity contribution in [1.82, 2.24) is 4.72 Å². The lowest BCUT2D eigenvalue weighted by molar-refractivity contribution is 0.0474. The van der Waals surface area contributed by atoms with Crippen molar-refractivity contribution in [3.8, 4) is 0 Å². The summed E-state index contributed by atoms with van der Waals surface area (Å²) in [5.41, 5.74) is 4.61. The quantitative estimate of drug-likeness (QED) is 0.606. The molecule has 0 heterocycles. The second kappa shape index (κ2) is 8.02. The SMILES string of the molecule is CNS(=O)(=O)c1cccc(C(=O)OCC(=O)c2cc(C)c(C)c(C)c2C)c1. The van der Waals surface area contributed by atoms with Crippen molar-refractivity contribution in [2.24, 2.45) is 0 Å². The van der Waals surface area contributed by atoms with Crippen molar-refractivity contribution in [3.05, 3.63) is 63.7 Å². The van der Waals surface area contributed by atoms with Gasteiger partial charge in [-0.1, -0.05) is 6.07 Å². The first-order valence-corrected chi connectivity index (χ1v) is 9.88. The second-order valence-electron chi connectivity index (χ2n) is 6.35. The predicted octanol–water partition coefficient (Wildman–Crippen LogP) is 2.87. The number of hydrogen-bond acceptors (Lipinski definition) is 5. The number of rotatable bonds is 6. The Bertz CT molecular complexity index is 1010. The molecule has 0 radical (unpaired) electrons. The highest BCUT2D eigenvalue weighted by atomic mass is 32.2. The number of esters is 1. The van der Waals surface area contributed by atoms with Crippen LogP contribution in [-0.2, 0) is 14.8 Å². The molecule has 7 heteroatoms. The van der Waals surface area contributed by atoms with Crippen LogP contribution in [0.4, 0.5) is 0 Å². The minimum atomic E-state index is -3.67. The lowest BCUT2D eigenvalue weighted by atomic mass is 9.93. The molecule has 0 aliphatic carbocycles. The highest BCUT2D eigenvalue weighted by Crippen LogP contribution is 2.22. The Morgan fingerprint density at radius 2 is 1.67 bits per heavy atom. The monoisotopic (exact) mass is 389 g/mol. The van der Waals surface area contributed by atoms with Crippen LogP contribution in [0.2, 0.25) is 0 Å². The van der Waals surface area contributed by atoms with Gasteiger partial charge in [-0.2, -0.15) is 0 Å². The average molecular weight is 389 g/mol. The Labute approximate surface area is 159 Å². The van der Waals surface area contributed by atoms with Gasteiger partial charge in [0.25, 0.3) is 0 Å². The van der Waals surface area contributed by atoms with Gasteiger partial charge in [0.1, 0.15) is 0 Å². The van der Waals surface area contributed by atoms with Crippen LogP contribution in [-0.4, -0.2) is 33.8 Å². The molecule has 0 unspecified atom stereocenters. The van der Waals surface area contributed by atoms with Gasteiger partial charge in [0.15, 0.2) is 6.61 Å². The zero-order valence-corrected chi connectivity index (χ0v) is 16.9. The van der Waals surface area contributed by atoms with E-state index in [9.17, 15) is 18.0 Å². The second-order valence-corrected chi connectivity index (χ2v) is 8.24. The minimum Gasteiger partial charge on any atom is -0.454 e. The lowest BCUT2D eigenvalue weighted by Crippen LogP contribution is -2.19. The van der Waals surface area contributed by atoms with E-state index >= 15 is 0 Å². The summed E-state index contributed by atoms with van der Waals surface area (Å²) in [7, 11) is -2.39. The van der Waals surface area contributed by atoms with Crippen LogP contribution in [0.25, 0.3) is 0 Å². The molecule has 0 saturated heterocycles. The summed E-state index contributed by atoms with van der Waals surface area (Å²) in [5.74, 6) is -1.05. The molecule has 0 atom stereocenters. The maximum absolute atomic E-state index is 12.5. The standard InChI is InChI=1S/C20H23NO5S/c1-12-9-18(15(4)14(3)13(12)2)19(22)11-26-20(23)16-7-6-8-17(10-16)27(24,25)21-5/h6-10,21H,11H2,1-5H3. The number of nitrogens with one attached hydrogen (secondary N) is 1. The maximum Gasteiger partial charge on any atom is 0.338 e. The molecular weight excluding hydrogens is 366 g/mol. The number of ketones is 1. The van der Waals surface area contributed by atoms with Crippen LogP contribution in [0.3, 0.4) is 0 Å². The van der Waals surface area contributed by atoms with Crippen molar-refractivity contribution >= 4 is 21.8 Å². The van der Waals surface area contributed by atoms with Crippen molar-refractivity contribution in [2.75, 3.05) is 13.7 Å². The summed E-state index contributed by atoms with van der Waals surface area (Å²) in [6, 6.07) is 7.26. The molecule has 0 fully saturated rings. The number of benzene rings is 2. The normalized spacial score (nSPS) is 11.3. The van der Waals surface area contributed by atoms with Gasteiger partial charge in [0.2, 0.25) is 15.8 Å². The Morgan fingerprint density at radius 1 is 1.00 bits per heavy atom. The molecule has 0 aliphatic heterocycles. The van der Waals surface area contributed by atoms with Crippen molar-refractivity contribution < 1.29 is 22.7 Å². The third-order valence-electron chi connectivity index (χ3n) is 4.76. The third-order valence-corrected chi connectivity index (χ3v) is 6.18. The van der Waals surface area contributed by atoms with E-state index in [2.05, 4.69) is 4.72 Å². The van der Waals surface area contributed by atoms with E-state index in [0.29, 0.717) is 5.56 Å². The molecule has 2 rings (SSSR count). The molecule has 2 aromatic rings. The smallest absolute Gasteiger partial charge is 0.338 e. The van der Waals surface area contributed by atoms with Crippen LogP contribution in [0.15, 0.2) is 35.2 Å². The summed E-state index contributed by atoms with van der Waals surface area (Å²) in [6.07, 6.45) is 0. The van der Waals surface area contributed by atoms with E-state index in [1.807, 2.05) is 27.7 Å². The molecule has 0 aromatic heterocycles. The number of hydrogen-bond donors (Lipinski definition) is 1. The number of carbonyl (C=O) groups excluding carboxylic acids is 2. The third kappa shape index (κ3) is 4.43. The van der Waals surface area contributed by atoms with Gasteiger partial charge in [0.05, 0.1) is 10.5 Å². The van der Waals surface area contributed by atoms with Crippen LogP contribution in [0.1, 0.15) is 43.0 Å². The number of ether oxygens (including phenoxy) is 1. The number of carbonyl (C=O) groups is 2. The first-order valence-electron chi connectivity index (χ1n) is 8.39. The molecule has 144 valence electrons. The van der Waals surface area contributed by atoms with Gasteiger partial charge in [-0.25, -0.2) is 17.9 Å². The largest absolute Gasteiger partial charge is 0.454 e. The van der Waals surface area contributed by atoms with Crippen LogP contribution < -0.4 is 4.72 Å². The van der Waals surface area contributed by atoms with E-state index in [-0.39, 0.29) is 16.2 Å². The summed E-state index contributed by atoms with van der Waals surface area (Å²) in [6.45, 7) is 7.33. The van der Waals surface area contributed by atoms with E-state index in [1.165, 1.54) is 31.3 Å². The van der Waals surface area contributed by atoms with Crippen LogP contribution >= 0.6 is 0 Å². The van der Waals surface area contributed by atoms with Crippen molar-refractivity contribution in [1.29, 1.82) is 0 Å². The Balaban J connectivity index is 2.17. The van der Waals surface area contributed by atoms with Gasteiger partial charge in [-0.05, 0) is 81.3 Å². The Morgan fingerprint density at radius 3 is 2.30 bits per heavy atom. The lowest BCUT2D eigenvalue weighted by Gasteiger charge is -2.13. The molecule has 0 aliphatic rings. The number of aryl methyl sites for hydroxylation is 1. The Kier molecular flexibility index (Phi) is 6.18. The fraction of sp³-hybridized carbons (Fsp3) is 0.300. The number of sulfonamides is 1. The Hall–Kier alpha value is -2.51. The minimum absolute atomic E-state index is 0.0496. The van der Waals surface area contributed by atoms with Gasteiger partial charge >= 0.3 is 5.97 Å². The molecule has 0 bridgehead atoms. The fourth-order valence-corrected chi connectivity index (χ4v) is 3.48. The van der Waals surface area contributed by atoms with Gasteiger partial charge < -0.3 is 4.74 Å². The first-order chi connectivity index (χ1) is 12.6. The highest BCUT2D eigenvalue weighted by molar-refractivity contribution is 7.89. The predicted molar refractivity (Wildman–Crippen MR) is 103 cm³/mol. The van der Waals surface area contributed by atoms with Gasteiger partial charge in [-0.3, -0.25) is 4.79 Å². The molecule has 0 saturated carbocycles. The number of Topliss-reactive ketones (excluding diaryl/α,β-unsaturated/α-hetero) is 1. The first kappa shape index (κ1) is 20.8. The van der Waals surface area contributed by atoms with Crippen LogP contribution in [0.5, 0.6) is 0 Å². The van der Waals surface area contributed by atoms with E-state index < -0.39 is 22.6 Å². The zero-order chi connectivity index (χ0) is 20.4. The molecule has 0 amide bonds. The maximum atomic E-state index is 12.5. The van der Waals surface area contributed by atoms with E-state index in [4.69, 9.17) is 4.74 Å². The van der Waals surface area contributed by atoms with E-state index in [0.717, 1.165) is 22.3 Å². The van der Waals surface area contributed by atoms with Gasteiger partial charge in [-0.15, -0.1) is 0 Å². The average Bonchev–Trinajstić information content (AvgIpc) is 2.67. The van der Waals surface area contributed by atoms with Gasteiger partial charge in [0, 0.05) is 5.56 Å². The summed E-state index contributed by atoms with van der Waals surface area (Å²) in [4.78, 5) is 24.7. The highest BCUT2D eigenvalue weighted by Gasteiger charge is 2.18. The van der Waals surface area contributed by atoms with Crippen molar-refractivity contribution in [3.63, 3.8) is 0 Å². The molecule has 6 nitrogen and oxygen atoms in total. The molecule has 27 heavy (non-hydrogen) atoms. The molecule has 0 spiro atoms. The fourth-order valence-electron chi connectivity index (χ4n) is 2.70.